The standard InChI is InChI=1S/C24H31N3O7/c1-6-16(2)25-24(29)17(3)26(14-18-8-7-9-19(12-18)32-4)23(28)15-34-20-10-11-21(27(30)31)22(13-20)33-5/h7-13,16-17H,6,14-15H2,1-5H3,(H,25,29)/t16-,17+/m0/s1. The normalized spacial score (nSPS) is 12.3. The molecule has 2 aromatic carbocycles. The molecule has 0 spiro atoms. The first-order chi connectivity index (χ1) is 16.2. The molecular weight excluding hydrogens is 442 g/mol. The number of nitro groups is 1. The summed E-state index contributed by atoms with van der Waals surface area (Å²) in [4.78, 5) is 37.9. The highest BCUT2D eigenvalue weighted by Crippen LogP contribution is 2.30. The SMILES string of the molecule is CC[C@H](C)NC(=O)[C@@H](C)N(Cc1cccc(OC)c1)C(=O)COc1ccc([N+](=O)[O-])c(OC)c1. The predicted octanol–water partition coefficient (Wildman–Crippen LogP) is 3.32. The van der Waals surface area contributed by atoms with Gasteiger partial charge in [-0.3, -0.25) is 19.7 Å². The number of hydrogen-bond acceptors (Lipinski definition) is 7. The second kappa shape index (κ2) is 12.4. The average molecular weight is 474 g/mol. The van der Waals surface area contributed by atoms with Gasteiger partial charge in [0.2, 0.25) is 11.7 Å². The Morgan fingerprint density at radius 1 is 1.09 bits per heavy atom. The van der Waals surface area contributed by atoms with E-state index in [4.69, 9.17) is 14.2 Å². The molecule has 2 rings (SSSR count). The second-order valence-corrected chi connectivity index (χ2v) is 7.75. The van der Waals surface area contributed by atoms with E-state index in [9.17, 15) is 19.7 Å². The molecule has 0 radical (unpaired) electrons. The molecule has 34 heavy (non-hydrogen) atoms. The molecule has 10 heteroatoms. The van der Waals surface area contributed by atoms with E-state index >= 15 is 0 Å². The van der Waals surface area contributed by atoms with Crippen LogP contribution in [0.5, 0.6) is 17.2 Å². The molecule has 2 atom stereocenters. The highest BCUT2D eigenvalue weighted by molar-refractivity contribution is 5.88. The molecule has 0 aliphatic heterocycles. The Morgan fingerprint density at radius 3 is 2.44 bits per heavy atom. The Balaban J connectivity index is 2.22. The summed E-state index contributed by atoms with van der Waals surface area (Å²) in [5.41, 5.74) is 0.573. The number of ether oxygens (including phenoxy) is 3. The van der Waals surface area contributed by atoms with Crippen molar-refractivity contribution in [3.05, 3.63) is 58.1 Å². The molecule has 1 N–H and O–H groups in total. The molecule has 0 aliphatic carbocycles. The minimum atomic E-state index is -0.761. The van der Waals surface area contributed by atoms with Crippen LogP contribution in [0.15, 0.2) is 42.5 Å². The molecule has 0 heterocycles. The maximum atomic E-state index is 13.2. The molecule has 0 aliphatic rings. The van der Waals surface area contributed by atoms with Crippen molar-refractivity contribution in [1.29, 1.82) is 0 Å². The highest BCUT2D eigenvalue weighted by Gasteiger charge is 2.27. The fourth-order valence-corrected chi connectivity index (χ4v) is 3.14. The van der Waals surface area contributed by atoms with E-state index in [2.05, 4.69) is 5.32 Å². The third-order valence-corrected chi connectivity index (χ3v) is 5.37. The zero-order valence-electron chi connectivity index (χ0n) is 20.1. The summed E-state index contributed by atoms with van der Waals surface area (Å²) < 4.78 is 15.9. The van der Waals surface area contributed by atoms with E-state index in [1.807, 2.05) is 19.9 Å². The van der Waals surface area contributed by atoms with Crippen LogP contribution in [0.2, 0.25) is 0 Å². The molecule has 2 amide bonds. The first-order valence-corrected chi connectivity index (χ1v) is 10.9. The monoisotopic (exact) mass is 473 g/mol. The summed E-state index contributed by atoms with van der Waals surface area (Å²) in [6.45, 7) is 5.31. The molecule has 184 valence electrons. The van der Waals surface area contributed by atoms with Crippen molar-refractivity contribution in [2.24, 2.45) is 0 Å². The number of rotatable bonds is 12. The van der Waals surface area contributed by atoms with Gasteiger partial charge in [-0.25, -0.2) is 0 Å². The third-order valence-electron chi connectivity index (χ3n) is 5.37. The number of methoxy groups -OCH3 is 2. The lowest BCUT2D eigenvalue weighted by Gasteiger charge is -2.29. The molecule has 0 saturated heterocycles. The van der Waals surface area contributed by atoms with Crippen molar-refractivity contribution in [3.63, 3.8) is 0 Å². The number of hydrogen-bond donors (Lipinski definition) is 1. The van der Waals surface area contributed by atoms with Crippen LogP contribution in [-0.2, 0) is 16.1 Å². The van der Waals surface area contributed by atoms with E-state index in [0.29, 0.717) is 5.75 Å². The van der Waals surface area contributed by atoms with E-state index in [1.165, 1.54) is 30.2 Å². The van der Waals surface area contributed by atoms with Gasteiger partial charge in [0.15, 0.2) is 6.61 Å². The van der Waals surface area contributed by atoms with Crippen LogP contribution in [0, 0.1) is 10.1 Å². The number of nitrogens with one attached hydrogen (secondary N) is 1. The Kier molecular flexibility index (Phi) is 9.66. The number of nitro benzene ring substituents is 1. The van der Waals surface area contributed by atoms with Gasteiger partial charge in [-0.15, -0.1) is 0 Å². The summed E-state index contributed by atoms with van der Waals surface area (Å²) >= 11 is 0. The molecule has 0 unspecified atom stereocenters. The van der Waals surface area contributed by atoms with Crippen LogP contribution in [0.4, 0.5) is 5.69 Å². The molecule has 0 fully saturated rings. The van der Waals surface area contributed by atoms with Crippen molar-refractivity contribution in [2.45, 2.75) is 45.8 Å². The predicted molar refractivity (Wildman–Crippen MR) is 126 cm³/mol. The Labute approximate surface area is 198 Å². The van der Waals surface area contributed by atoms with Gasteiger partial charge in [-0.1, -0.05) is 19.1 Å². The third kappa shape index (κ3) is 7.09. The van der Waals surface area contributed by atoms with Crippen molar-refractivity contribution in [2.75, 3.05) is 20.8 Å². The summed E-state index contributed by atoms with van der Waals surface area (Å²) in [5.74, 6) is 0.184. The average Bonchev–Trinajstić information content (AvgIpc) is 2.84. The summed E-state index contributed by atoms with van der Waals surface area (Å²) in [6.07, 6.45) is 0.757. The van der Waals surface area contributed by atoms with Crippen LogP contribution in [0.3, 0.4) is 0 Å². The zero-order valence-corrected chi connectivity index (χ0v) is 20.1. The lowest BCUT2D eigenvalue weighted by Crippen LogP contribution is -2.50. The van der Waals surface area contributed by atoms with Crippen molar-refractivity contribution < 1.29 is 28.7 Å². The number of carbonyl (C=O) groups excluding carboxylic acids is 2. The van der Waals surface area contributed by atoms with Gasteiger partial charge in [0.1, 0.15) is 17.5 Å². The lowest BCUT2D eigenvalue weighted by atomic mass is 10.1. The van der Waals surface area contributed by atoms with E-state index in [1.54, 1.807) is 32.2 Å². The summed E-state index contributed by atoms with van der Waals surface area (Å²) in [5, 5.41) is 14.0. The van der Waals surface area contributed by atoms with E-state index < -0.39 is 16.9 Å². The Hall–Kier alpha value is -3.82. The van der Waals surface area contributed by atoms with Crippen LogP contribution in [0.1, 0.15) is 32.8 Å². The fourth-order valence-electron chi connectivity index (χ4n) is 3.14. The zero-order chi connectivity index (χ0) is 25.3. The molecule has 10 nitrogen and oxygen atoms in total. The minimum Gasteiger partial charge on any atom is -0.497 e. The van der Waals surface area contributed by atoms with E-state index in [-0.39, 0.29) is 42.3 Å². The van der Waals surface area contributed by atoms with Crippen LogP contribution in [0.25, 0.3) is 0 Å². The Morgan fingerprint density at radius 2 is 1.82 bits per heavy atom. The topological polar surface area (TPSA) is 120 Å². The van der Waals surface area contributed by atoms with Crippen LogP contribution in [-0.4, -0.2) is 54.5 Å². The number of carbonyl (C=O) groups is 2. The first kappa shape index (κ1) is 26.4. The van der Waals surface area contributed by atoms with Crippen LogP contribution < -0.4 is 19.5 Å². The van der Waals surface area contributed by atoms with Gasteiger partial charge in [0.25, 0.3) is 5.91 Å². The molecule has 0 bridgehead atoms. The molecule has 0 saturated carbocycles. The molecule has 0 aromatic heterocycles. The Bertz CT molecular complexity index is 1010. The van der Waals surface area contributed by atoms with Gasteiger partial charge in [-0.2, -0.15) is 0 Å². The number of amides is 2. The number of benzene rings is 2. The van der Waals surface area contributed by atoms with Gasteiger partial charge in [0.05, 0.1) is 19.1 Å². The van der Waals surface area contributed by atoms with Gasteiger partial charge in [0, 0.05) is 24.7 Å². The number of nitrogens with zero attached hydrogens (tertiary/aromatic N) is 2. The quantitative estimate of drug-likeness (QED) is 0.371. The summed E-state index contributed by atoms with van der Waals surface area (Å²) in [6, 6.07) is 10.4. The summed E-state index contributed by atoms with van der Waals surface area (Å²) in [7, 11) is 2.86. The highest BCUT2D eigenvalue weighted by atomic mass is 16.6. The first-order valence-electron chi connectivity index (χ1n) is 10.9. The fraction of sp³-hybridized carbons (Fsp3) is 0.417. The maximum Gasteiger partial charge on any atom is 0.311 e. The van der Waals surface area contributed by atoms with Crippen LogP contribution >= 0.6 is 0 Å². The molecular formula is C24H31N3O7. The van der Waals surface area contributed by atoms with Gasteiger partial charge < -0.3 is 24.4 Å². The van der Waals surface area contributed by atoms with Gasteiger partial charge in [-0.05, 0) is 44.0 Å². The molecule has 2 aromatic rings. The van der Waals surface area contributed by atoms with Crippen molar-refractivity contribution in [3.8, 4) is 17.2 Å². The van der Waals surface area contributed by atoms with Crippen molar-refractivity contribution in [1.82, 2.24) is 10.2 Å². The van der Waals surface area contributed by atoms with Gasteiger partial charge >= 0.3 is 5.69 Å². The lowest BCUT2D eigenvalue weighted by molar-refractivity contribution is -0.385. The van der Waals surface area contributed by atoms with E-state index in [0.717, 1.165) is 12.0 Å². The maximum absolute atomic E-state index is 13.2. The largest absolute Gasteiger partial charge is 0.497 e. The minimum absolute atomic E-state index is 0.0180. The van der Waals surface area contributed by atoms with Crippen molar-refractivity contribution >= 4 is 17.5 Å². The second-order valence-electron chi connectivity index (χ2n) is 7.75. The smallest absolute Gasteiger partial charge is 0.311 e.